The molecule has 0 aliphatic carbocycles. The van der Waals surface area contributed by atoms with Crippen molar-refractivity contribution >= 4 is 17.9 Å². The zero-order chi connectivity index (χ0) is 13.3. The second kappa shape index (κ2) is 8.51. The highest BCUT2D eigenvalue weighted by atomic mass is 16.4. The quantitative estimate of drug-likeness (QED) is 0.491. The van der Waals surface area contributed by atoms with Gasteiger partial charge in [-0.15, -0.1) is 0 Å². The van der Waals surface area contributed by atoms with Gasteiger partial charge in [0.1, 0.15) is 6.04 Å². The van der Waals surface area contributed by atoms with Crippen molar-refractivity contribution in [3.63, 3.8) is 0 Å². The number of urea groups is 1. The van der Waals surface area contributed by atoms with Gasteiger partial charge in [-0.05, 0) is 13.3 Å². The summed E-state index contributed by atoms with van der Waals surface area (Å²) in [7, 11) is 0. The third kappa shape index (κ3) is 7.29. The minimum atomic E-state index is -1.00. The van der Waals surface area contributed by atoms with Gasteiger partial charge in [-0.2, -0.15) is 0 Å². The number of amides is 3. The number of carbonyl (C=O) groups is 3. The predicted molar refractivity (Wildman–Crippen MR) is 61.5 cm³/mol. The number of rotatable bonds is 7. The summed E-state index contributed by atoms with van der Waals surface area (Å²) in [5.41, 5.74) is 0. The van der Waals surface area contributed by atoms with E-state index in [2.05, 4.69) is 16.0 Å². The first kappa shape index (κ1) is 15.4. The fraction of sp³-hybridized carbons (Fsp3) is 0.700. The summed E-state index contributed by atoms with van der Waals surface area (Å²) >= 11 is 0. The van der Waals surface area contributed by atoms with Crippen LogP contribution in [-0.2, 0) is 9.59 Å². The average molecular weight is 245 g/mol. The zero-order valence-electron chi connectivity index (χ0n) is 10.1. The van der Waals surface area contributed by atoms with E-state index in [-0.39, 0.29) is 6.54 Å². The molecule has 0 saturated heterocycles. The third-order valence-corrected chi connectivity index (χ3v) is 1.97. The maximum atomic E-state index is 11.2. The van der Waals surface area contributed by atoms with Crippen LogP contribution in [0.5, 0.6) is 0 Å². The molecule has 3 amide bonds. The van der Waals surface area contributed by atoms with Gasteiger partial charge in [-0.3, -0.25) is 20.2 Å². The van der Waals surface area contributed by atoms with Crippen LogP contribution in [-0.4, -0.2) is 42.1 Å². The Bertz CT molecular complexity index is 281. The molecular weight excluding hydrogens is 226 g/mol. The van der Waals surface area contributed by atoms with Crippen molar-refractivity contribution in [3.8, 4) is 0 Å². The van der Waals surface area contributed by atoms with Crippen molar-refractivity contribution in [1.82, 2.24) is 16.0 Å². The maximum Gasteiger partial charge on any atom is 0.321 e. The van der Waals surface area contributed by atoms with Crippen LogP contribution in [0.4, 0.5) is 4.79 Å². The lowest BCUT2D eigenvalue weighted by Gasteiger charge is -2.12. The summed E-state index contributed by atoms with van der Waals surface area (Å²) in [6.07, 6.45) is 1.13. The normalized spacial score (nSPS) is 11.6. The number of imide groups is 1. The van der Waals surface area contributed by atoms with Crippen molar-refractivity contribution in [2.75, 3.05) is 13.1 Å². The molecule has 0 aromatic carbocycles. The van der Waals surface area contributed by atoms with Crippen molar-refractivity contribution in [2.24, 2.45) is 0 Å². The third-order valence-electron chi connectivity index (χ3n) is 1.97. The van der Waals surface area contributed by atoms with Crippen molar-refractivity contribution < 1.29 is 19.5 Å². The second-order valence-corrected chi connectivity index (χ2v) is 3.47. The molecule has 7 heteroatoms. The van der Waals surface area contributed by atoms with Crippen molar-refractivity contribution in [2.45, 2.75) is 32.7 Å². The van der Waals surface area contributed by atoms with E-state index in [1.807, 2.05) is 6.92 Å². The summed E-state index contributed by atoms with van der Waals surface area (Å²) in [4.78, 5) is 33.0. The number of carboxylic acids is 1. The van der Waals surface area contributed by atoms with E-state index < -0.39 is 23.9 Å². The number of carbonyl (C=O) groups excluding carboxylic acids is 2. The first-order valence-corrected chi connectivity index (χ1v) is 5.55. The molecule has 0 rings (SSSR count). The number of nitrogens with one attached hydrogen (secondary N) is 3. The molecule has 0 aromatic heterocycles. The van der Waals surface area contributed by atoms with Crippen LogP contribution in [0, 0.1) is 0 Å². The standard InChI is InChI=1S/C10H19N3O4/c1-3-5-7(9(15)16)12-6-8(14)13-10(17)11-4-2/h7,12H,3-6H2,1-2H3,(H,15,16)(H2,11,13,14,17). The molecule has 98 valence electrons. The van der Waals surface area contributed by atoms with Gasteiger partial charge >= 0.3 is 12.0 Å². The lowest BCUT2D eigenvalue weighted by atomic mass is 10.2. The van der Waals surface area contributed by atoms with E-state index in [0.29, 0.717) is 19.4 Å². The molecule has 0 fully saturated rings. The Balaban J connectivity index is 3.95. The highest BCUT2D eigenvalue weighted by Gasteiger charge is 2.17. The van der Waals surface area contributed by atoms with E-state index >= 15 is 0 Å². The monoisotopic (exact) mass is 245 g/mol. The highest BCUT2D eigenvalue weighted by Crippen LogP contribution is 1.95. The minimum absolute atomic E-state index is 0.200. The molecule has 0 aliphatic rings. The van der Waals surface area contributed by atoms with Crippen LogP contribution in [0.1, 0.15) is 26.7 Å². The van der Waals surface area contributed by atoms with Crippen LogP contribution in [0.25, 0.3) is 0 Å². The SMILES string of the molecule is CCCC(NCC(=O)NC(=O)NCC)C(=O)O. The Kier molecular flexibility index (Phi) is 7.70. The largest absolute Gasteiger partial charge is 0.480 e. The average Bonchev–Trinajstić information content (AvgIpc) is 2.23. The van der Waals surface area contributed by atoms with Gasteiger partial charge in [0.05, 0.1) is 6.54 Å². The molecule has 0 radical (unpaired) electrons. The van der Waals surface area contributed by atoms with Gasteiger partial charge in [-0.25, -0.2) is 4.79 Å². The Morgan fingerprint density at radius 2 is 1.88 bits per heavy atom. The Labute approximate surface area is 100.0 Å². The molecule has 4 N–H and O–H groups in total. The number of carboxylic acid groups (broad SMARTS) is 1. The van der Waals surface area contributed by atoms with Crippen LogP contribution in [0.3, 0.4) is 0 Å². The zero-order valence-corrected chi connectivity index (χ0v) is 10.1. The summed E-state index contributed by atoms with van der Waals surface area (Å²) in [6.45, 7) is 3.80. The first-order valence-electron chi connectivity index (χ1n) is 5.55. The molecule has 0 spiro atoms. The van der Waals surface area contributed by atoms with Crippen molar-refractivity contribution in [3.05, 3.63) is 0 Å². The smallest absolute Gasteiger partial charge is 0.321 e. The molecule has 0 aromatic rings. The van der Waals surface area contributed by atoms with Gasteiger partial charge in [0, 0.05) is 6.54 Å². The van der Waals surface area contributed by atoms with Gasteiger partial charge in [0.25, 0.3) is 0 Å². The van der Waals surface area contributed by atoms with E-state index in [0.717, 1.165) is 0 Å². The molecule has 7 nitrogen and oxygen atoms in total. The van der Waals surface area contributed by atoms with Crippen LogP contribution in [0.2, 0.25) is 0 Å². The lowest BCUT2D eigenvalue weighted by Crippen LogP contribution is -2.47. The summed E-state index contributed by atoms with van der Waals surface area (Å²) in [5.74, 6) is -1.56. The Hall–Kier alpha value is -1.63. The Morgan fingerprint density at radius 1 is 1.24 bits per heavy atom. The van der Waals surface area contributed by atoms with Crippen molar-refractivity contribution in [1.29, 1.82) is 0 Å². The maximum absolute atomic E-state index is 11.2. The van der Waals surface area contributed by atoms with E-state index in [9.17, 15) is 14.4 Å². The molecule has 0 heterocycles. The van der Waals surface area contributed by atoms with Gasteiger partial charge < -0.3 is 10.4 Å². The lowest BCUT2D eigenvalue weighted by molar-refractivity contribution is -0.139. The van der Waals surface area contributed by atoms with Gasteiger partial charge in [0.15, 0.2) is 0 Å². The molecule has 1 unspecified atom stereocenters. The topological polar surface area (TPSA) is 108 Å². The number of aliphatic carboxylic acids is 1. The summed E-state index contributed by atoms with van der Waals surface area (Å²) in [5, 5.41) is 15.9. The van der Waals surface area contributed by atoms with Crippen LogP contribution >= 0.6 is 0 Å². The number of hydrogen-bond acceptors (Lipinski definition) is 4. The highest BCUT2D eigenvalue weighted by molar-refractivity contribution is 5.95. The number of hydrogen-bond donors (Lipinski definition) is 4. The molecule has 17 heavy (non-hydrogen) atoms. The molecule has 0 bridgehead atoms. The molecule has 1 atom stereocenters. The minimum Gasteiger partial charge on any atom is -0.480 e. The summed E-state index contributed by atoms with van der Waals surface area (Å²) in [6, 6.07) is -1.35. The summed E-state index contributed by atoms with van der Waals surface area (Å²) < 4.78 is 0. The fourth-order valence-electron chi connectivity index (χ4n) is 1.19. The second-order valence-electron chi connectivity index (χ2n) is 3.47. The molecular formula is C10H19N3O4. The molecule has 0 aliphatic heterocycles. The van der Waals surface area contributed by atoms with E-state index in [1.165, 1.54) is 0 Å². The van der Waals surface area contributed by atoms with Crippen LogP contribution < -0.4 is 16.0 Å². The fourth-order valence-corrected chi connectivity index (χ4v) is 1.19. The predicted octanol–water partition coefficient (Wildman–Crippen LogP) is -0.325. The van der Waals surface area contributed by atoms with E-state index in [4.69, 9.17) is 5.11 Å². The Morgan fingerprint density at radius 3 is 2.35 bits per heavy atom. The van der Waals surface area contributed by atoms with Gasteiger partial charge in [-0.1, -0.05) is 13.3 Å². The molecule has 0 saturated carbocycles. The van der Waals surface area contributed by atoms with Gasteiger partial charge in [0.2, 0.25) is 5.91 Å². The van der Waals surface area contributed by atoms with E-state index in [1.54, 1.807) is 6.92 Å². The first-order chi connectivity index (χ1) is 8.01. The van der Waals surface area contributed by atoms with Crippen LogP contribution in [0.15, 0.2) is 0 Å².